The number of methoxy groups -OCH3 is 1. The van der Waals surface area contributed by atoms with Crippen LogP contribution in [0.4, 0.5) is 21.9 Å². The average molecular weight is 492 g/mol. The van der Waals surface area contributed by atoms with Gasteiger partial charge in [-0.15, -0.1) is 0 Å². The second-order valence-corrected chi connectivity index (χ2v) is 10.2. The van der Waals surface area contributed by atoms with Crippen LogP contribution >= 0.6 is 21.6 Å². The molecular formula is C16H20N4O10S2. The van der Waals surface area contributed by atoms with Crippen LogP contribution in [0, 0.1) is 30.3 Å². The summed E-state index contributed by atoms with van der Waals surface area (Å²) in [6, 6.07) is -0.0720. The number of benzene rings is 1. The quantitative estimate of drug-likeness (QED) is 0.217. The molecule has 0 aliphatic heterocycles. The Morgan fingerprint density at radius 2 is 1.56 bits per heavy atom. The number of hydrogen-bond acceptors (Lipinski definition) is 12. The van der Waals surface area contributed by atoms with Crippen LogP contribution in [-0.4, -0.2) is 50.5 Å². The molecule has 0 saturated heterocycles. The molecular weight excluding hydrogens is 472 g/mol. The van der Waals surface area contributed by atoms with Crippen molar-refractivity contribution >= 4 is 50.7 Å². The fraction of sp³-hybridized carbons (Fsp3) is 0.500. The van der Waals surface area contributed by atoms with E-state index in [1.165, 1.54) is 21.6 Å². The van der Waals surface area contributed by atoms with Crippen molar-refractivity contribution in [2.24, 2.45) is 0 Å². The van der Waals surface area contributed by atoms with Crippen molar-refractivity contribution in [3.05, 3.63) is 48.0 Å². The van der Waals surface area contributed by atoms with Gasteiger partial charge < -0.3 is 14.8 Å². The summed E-state index contributed by atoms with van der Waals surface area (Å²) in [5.41, 5.74) is -3.34. The van der Waals surface area contributed by atoms with Crippen molar-refractivity contribution in [3.8, 4) is 0 Å². The maximum Gasteiger partial charge on any atom is 0.408 e. The van der Waals surface area contributed by atoms with Crippen LogP contribution in [0.2, 0.25) is 0 Å². The van der Waals surface area contributed by atoms with E-state index in [9.17, 15) is 39.9 Å². The number of esters is 1. The van der Waals surface area contributed by atoms with E-state index in [4.69, 9.17) is 4.74 Å². The number of ether oxygens (including phenoxy) is 2. The fourth-order valence-electron chi connectivity index (χ4n) is 2.10. The van der Waals surface area contributed by atoms with Gasteiger partial charge in [-0.2, -0.15) is 0 Å². The molecule has 0 spiro atoms. The molecule has 1 amide bonds. The van der Waals surface area contributed by atoms with Crippen molar-refractivity contribution in [3.63, 3.8) is 0 Å². The molecule has 0 aliphatic rings. The minimum absolute atomic E-state index is 0.116. The predicted octanol–water partition coefficient (Wildman–Crippen LogP) is 3.36. The summed E-state index contributed by atoms with van der Waals surface area (Å²) in [6.07, 6.45) is -1.14. The normalized spacial score (nSPS) is 11.9. The number of carbonyl (C=O) groups is 2. The third-order valence-corrected chi connectivity index (χ3v) is 6.80. The fourth-order valence-corrected chi connectivity index (χ4v) is 4.55. The first-order valence-corrected chi connectivity index (χ1v) is 11.0. The monoisotopic (exact) mass is 492 g/mol. The smallest absolute Gasteiger partial charge is 0.408 e. The molecule has 1 atom stereocenters. The van der Waals surface area contributed by atoms with Gasteiger partial charge >= 0.3 is 23.4 Å². The third-order valence-electron chi connectivity index (χ3n) is 3.45. The first-order valence-electron chi connectivity index (χ1n) is 8.68. The molecule has 1 aromatic carbocycles. The maximum absolute atomic E-state index is 12.1. The topological polar surface area (TPSA) is 194 Å². The lowest BCUT2D eigenvalue weighted by molar-refractivity contribution is -0.424. The van der Waals surface area contributed by atoms with Gasteiger partial charge in [0.05, 0.1) is 27.4 Å². The van der Waals surface area contributed by atoms with E-state index in [0.29, 0.717) is 12.1 Å². The van der Waals surface area contributed by atoms with Crippen LogP contribution in [0.5, 0.6) is 0 Å². The van der Waals surface area contributed by atoms with Crippen LogP contribution < -0.4 is 5.32 Å². The summed E-state index contributed by atoms with van der Waals surface area (Å²) in [4.78, 5) is 54.1. The molecule has 1 unspecified atom stereocenters. The Balaban J connectivity index is 2.98. The first kappa shape index (κ1) is 26.9. The molecule has 14 nitrogen and oxygen atoms in total. The number of alkyl carbamates (subject to hydrolysis) is 1. The standard InChI is InChI=1S/C16H20N4O10S2/c1-16(2,3)32-31-8-10(14(21)29-4)17-15(22)30-7-9-5-12(19(25)26)13(20(27)28)6-11(9)18(23)24/h5-6,10H,7-8H2,1-4H3,(H,17,22). The summed E-state index contributed by atoms with van der Waals surface area (Å²) in [5, 5.41) is 35.5. The lowest BCUT2D eigenvalue weighted by Crippen LogP contribution is -2.43. The van der Waals surface area contributed by atoms with E-state index in [1.54, 1.807) is 0 Å². The van der Waals surface area contributed by atoms with Gasteiger partial charge in [0, 0.05) is 16.6 Å². The number of hydrogen-bond donors (Lipinski definition) is 1. The molecule has 1 rings (SSSR count). The number of nitro groups is 3. The Bertz CT molecular complexity index is 919. The minimum Gasteiger partial charge on any atom is -0.467 e. The lowest BCUT2D eigenvalue weighted by atomic mass is 10.1. The summed E-state index contributed by atoms with van der Waals surface area (Å²) in [7, 11) is 3.89. The zero-order valence-electron chi connectivity index (χ0n) is 17.4. The van der Waals surface area contributed by atoms with Gasteiger partial charge in [0.25, 0.3) is 5.69 Å². The number of nitrogens with one attached hydrogen (secondary N) is 1. The Morgan fingerprint density at radius 3 is 2.03 bits per heavy atom. The van der Waals surface area contributed by atoms with E-state index >= 15 is 0 Å². The largest absolute Gasteiger partial charge is 0.467 e. The Morgan fingerprint density at radius 1 is 1.03 bits per heavy atom. The summed E-state index contributed by atoms with van der Waals surface area (Å²) in [5.74, 6) is -0.617. The van der Waals surface area contributed by atoms with E-state index in [-0.39, 0.29) is 10.5 Å². The number of nitrogens with zero attached hydrogens (tertiary/aromatic N) is 3. The molecule has 0 radical (unpaired) electrons. The molecule has 0 bridgehead atoms. The molecule has 16 heteroatoms. The molecule has 0 aromatic heterocycles. The highest BCUT2D eigenvalue weighted by molar-refractivity contribution is 8.77. The van der Waals surface area contributed by atoms with Crippen LogP contribution in [-0.2, 0) is 20.9 Å². The number of rotatable bonds is 10. The Hall–Kier alpha value is -3.14. The molecule has 0 aliphatic carbocycles. The average Bonchev–Trinajstić information content (AvgIpc) is 2.68. The van der Waals surface area contributed by atoms with E-state index in [2.05, 4.69) is 10.1 Å². The second-order valence-electron chi connectivity index (χ2n) is 7.02. The Kier molecular flexibility index (Phi) is 9.64. The number of nitro benzene ring substituents is 3. The van der Waals surface area contributed by atoms with Gasteiger partial charge in [-0.1, -0.05) is 42.4 Å². The molecule has 176 valence electrons. The van der Waals surface area contributed by atoms with E-state index in [0.717, 1.165) is 7.11 Å². The van der Waals surface area contributed by atoms with Gasteiger partial charge in [-0.25, -0.2) is 9.59 Å². The van der Waals surface area contributed by atoms with E-state index < -0.39 is 62.1 Å². The van der Waals surface area contributed by atoms with Gasteiger partial charge in [0.1, 0.15) is 18.7 Å². The highest BCUT2D eigenvalue weighted by atomic mass is 33.1. The van der Waals surface area contributed by atoms with Gasteiger partial charge in [0.15, 0.2) is 0 Å². The van der Waals surface area contributed by atoms with Crippen LogP contribution in [0.25, 0.3) is 0 Å². The highest BCUT2D eigenvalue weighted by Crippen LogP contribution is 2.36. The van der Waals surface area contributed by atoms with Crippen molar-refractivity contribution < 1.29 is 33.8 Å². The molecule has 0 saturated carbocycles. The van der Waals surface area contributed by atoms with Crippen LogP contribution in [0.1, 0.15) is 26.3 Å². The Labute approximate surface area is 189 Å². The number of carbonyl (C=O) groups excluding carboxylic acids is 2. The highest BCUT2D eigenvalue weighted by Gasteiger charge is 2.32. The predicted molar refractivity (Wildman–Crippen MR) is 115 cm³/mol. The van der Waals surface area contributed by atoms with Gasteiger partial charge in [-0.3, -0.25) is 30.3 Å². The molecule has 0 heterocycles. The second kappa shape index (κ2) is 11.5. The molecule has 1 aromatic rings. The SMILES string of the molecule is COC(=O)C(CSSC(C)(C)C)NC(=O)OCc1cc([N+](=O)[O-])c([N+](=O)[O-])cc1[N+](=O)[O-]. The van der Waals surface area contributed by atoms with Crippen LogP contribution in [0.15, 0.2) is 12.1 Å². The number of amides is 1. The summed E-state index contributed by atoms with van der Waals surface area (Å²) < 4.78 is 9.37. The first-order chi connectivity index (χ1) is 14.8. The maximum atomic E-state index is 12.1. The minimum atomic E-state index is -1.14. The zero-order chi connectivity index (χ0) is 24.6. The molecule has 1 N–H and O–H groups in total. The van der Waals surface area contributed by atoms with Crippen molar-refractivity contribution in [1.82, 2.24) is 5.32 Å². The van der Waals surface area contributed by atoms with E-state index in [1.807, 2.05) is 20.8 Å². The van der Waals surface area contributed by atoms with Crippen molar-refractivity contribution in [2.45, 2.75) is 38.2 Å². The zero-order valence-corrected chi connectivity index (χ0v) is 19.0. The molecule has 32 heavy (non-hydrogen) atoms. The molecule has 0 fully saturated rings. The third kappa shape index (κ3) is 8.18. The summed E-state index contributed by atoms with van der Waals surface area (Å²) >= 11 is 0. The lowest BCUT2D eigenvalue weighted by Gasteiger charge is -2.19. The van der Waals surface area contributed by atoms with Crippen LogP contribution in [0.3, 0.4) is 0 Å². The van der Waals surface area contributed by atoms with Crippen molar-refractivity contribution in [2.75, 3.05) is 12.9 Å². The van der Waals surface area contributed by atoms with Crippen molar-refractivity contribution in [1.29, 1.82) is 0 Å². The summed E-state index contributed by atoms with van der Waals surface area (Å²) in [6.45, 7) is 5.06. The van der Waals surface area contributed by atoms with Gasteiger partial charge in [-0.05, 0) is 0 Å². The van der Waals surface area contributed by atoms with Gasteiger partial charge in [0.2, 0.25) is 0 Å².